The number of piperidine rings is 1. The van der Waals surface area contributed by atoms with Gasteiger partial charge in [0.05, 0.1) is 18.9 Å². The summed E-state index contributed by atoms with van der Waals surface area (Å²) >= 11 is 0. The summed E-state index contributed by atoms with van der Waals surface area (Å²) in [5.74, 6) is -0.592. The maximum atomic E-state index is 14.1. The van der Waals surface area contributed by atoms with Gasteiger partial charge in [0.15, 0.2) is 17.4 Å². The molecular weight excluding hydrogens is 501 g/mol. The number of aliphatic hydroxyl groups is 1. The van der Waals surface area contributed by atoms with Crippen molar-refractivity contribution in [3.05, 3.63) is 64.3 Å². The molecule has 0 radical (unpaired) electrons. The van der Waals surface area contributed by atoms with E-state index in [0.717, 1.165) is 44.2 Å². The van der Waals surface area contributed by atoms with Crippen LogP contribution in [-0.2, 0) is 17.8 Å². The Morgan fingerprint density at radius 2 is 1.85 bits per heavy atom. The first kappa shape index (κ1) is 27.1. The number of methoxy groups -OCH3 is 1. The molecule has 2 saturated heterocycles. The van der Waals surface area contributed by atoms with Crippen LogP contribution in [0.2, 0.25) is 0 Å². The molecule has 2 bridgehead atoms. The van der Waals surface area contributed by atoms with E-state index in [-0.39, 0.29) is 36.2 Å². The number of fused-ring (bicyclic) bond motifs is 2. The molecule has 2 aliphatic rings. The average Bonchev–Trinajstić information content (AvgIpc) is 3.35. The normalized spacial score (nSPS) is 20.9. The van der Waals surface area contributed by atoms with E-state index in [9.17, 15) is 19.1 Å². The summed E-state index contributed by atoms with van der Waals surface area (Å²) in [6, 6.07) is 12.8. The first-order valence-electron chi connectivity index (χ1n) is 13.6. The summed E-state index contributed by atoms with van der Waals surface area (Å²) in [7, 11) is 1.37. The number of benzene rings is 2. The zero-order valence-electron chi connectivity index (χ0n) is 22.6. The lowest BCUT2D eigenvalue weighted by atomic mass is 9.99. The number of nitrogens with one attached hydrogen (secondary N) is 1. The first-order valence-corrected chi connectivity index (χ1v) is 13.6. The Morgan fingerprint density at radius 1 is 1.15 bits per heavy atom. The van der Waals surface area contributed by atoms with Crippen LogP contribution in [0.1, 0.15) is 45.1 Å². The van der Waals surface area contributed by atoms with Gasteiger partial charge in [0.1, 0.15) is 6.54 Å². The highest BCUT2D eigenvalue weighted by Crippen LogP contribution is 2.35. The molecule has 1 amide bonds. The summed E-state index contributed by atoms with van der Waals surface area (Å²) < 4.78 is 21.7. The second kappa shape index (κ2) is 11.3. The minimum atomic E-state index is -0.531. The van der Waals surface area contributed by atoms with Crippen LogP contribution in [0, 0.1) is 5.82 Å². The molecule has 0 aliphatic carbocycles. The number of aromatic nitrogens is 3. The summed E-state index contributed by atoms with van der Waals surface area (Å²) in [4.78, 5) is 28.6. The largest absolute Gasteiger partial charge is 0.494 e. The van der Waals surface area contributed by atoms with Gasteiger partial charge in [0, 0.05) is 30.2 Å². The van der Waals surface area contributed by atoms with Crippen molar-refractivity contribution >= 4 is 5.91 Å². The number of hydrogen-bond acceptors (Lipinski definition) is 6. The number of carbonyl (C=O) groups excluding carboxylic acids is 1. The minimum Gasteiger partial charge on any atom is -0.494 e. The molecule has 1 aromatic heterocycles. The van der Waals surface area contributed by atoms with Crippen molar-refractivity contribution in [2.75, 3.05) is 13.7 Å². The van der Waals surface area contributed by atoms with Crippen molar-refractivity contribution in [2.45, 2.75) is 76.7 Å². The molecule has 2 N–H and O–H groups in total. The van der Waals surface area contributed by atoms with Crippen molar-refractivity contribution in [3.63, 3.8) is 0 Å². The lowest BCUT2D eigenvalue weighted by molar-refractivity contribution is -0.122. The lowest BCUT2D eigenvalue weighted by Gasteiger charge is -2.37. The van der Waals surface area contributed by atoms with E-state index in [1.54, 1.807) is 0 Å². The zero-order chi connectivity index (χ0) is 27.7. The van der Waals surface area contributed by atoms with Crippen molar-refractivity contribution in [3.8, 4) is 22.8 Å². The third kappa shape index (κ3) is 5.77. The number of rotatable bonds is 9. The first-order chi connectivity index (χ1) is 18.7. The fourth-order valence-corrected chi connectivity index (χ4v) is 5.90. The van der Waals surface area contributed by atoms with Crippen LogP contribution in [0.15, 0.2) is 47.3 Å². The van der Waals surface area contributed by atoms with Gasteiger partial charge in [0.2, 0.25) is 5.91 Å². The predicted molar refractivity (Wildman–Crippen MR) is 146 cm³/mol. The van der Waals surface area contributed by atoms with Crippen LogP contribution in [0.25, 0.3) is 17.1 Å². The molecule has 3 aromatic rings. The highest BCUT2D eigenvalue weighted by Gasteiger charge is 2.39. The number of halogens is 1. The van der Waals surface area contributed by atoms with Crippen LogP contribution in [-0.4, -0.2) is 68.1 Å². The van der Waals surface area contributed by atoms with E-state index in [4.69, 9.17) is 4.74 Å². The van der Waals surface area contributed by atoms with Crippen LogP contribution in [0.4, 0.5) is 4.39 Å². The number of nitrogens with zero attached hydrogens (tertiary/aromatic N) is 4. The van der Waals surface area contributed by atoms with Gasteiger partial charge < -0.3 is 15.2 Å². The molecule has 10 heteroatoms. The fraction of sp³-hybridized carbons (Fsp3) is 0.483. The standard InChI is InChI=1S/C29H36FN5O4/c1-18(2)31-27(37)17-34-28(20-6-11-25(30)26(14-20)39-3)32-35(29(34)38)21-7-4-19(5-8-21)12-13-33-22-9-10-23(33)16-24(36)15-22/h4-8,11,14,18,22-24,36H,9-10,12-13,15-17H2,1-3H3,(H,31,37). The summed E-state index contributed by atoms with van der Waals surface area (Å²) in [5, 5.41) is 17.4. The topological polar surface area (TPSA) is 102 Å². The number of ether oxygens (including phenoxy) is 1. The molecule has 208 valence electrons. The van der Waals surface area contributed by atoms with E-state index < -0.39 is 11.5 Å². The zero-order valence-corrected chi connectivity index (χ0v) is 22.6. The highest BCUT2D eigenvalue weighted by atomic mass is 19.1. The van der Waals surface area contributed by atoms with Gasteiger partial charge in [-0.1, -0.05) is 12.1 Å². The number of hydrogen-bond donors (Lipinski definition) is 2. The van der Waals surface area contributed by atoms with Crippen molar-refractivity contribution in [2.24, 2.45) is 0 Å². The van der Waals surface area contributed by atoms with Crippen LogP contribution in [0.3, 0.4) is 0 Å². The SMILES string of the molecule is COc1cc(-c2nn(-c3ccc(CCN4C5CCC4CC(O)C5)cc3)c(=O)n2CC(=O)NC(C)C)ccc1F. The summed E-state index contributed by atoms with van der Waals surface area (Å²) in [6.45, 7) is 4.40. The molecule has 2 unspecified atom stereocenters. The molecule has 2 aromatic carbocycles. The Hall–Kier alpha value is -3.50. The molecule has 39 heavy (non-hydrogen) atoms. The Labute approximate surface area is 227 Å². The second-order valence-corrected chi connectivity index (χ2v) is 10.8. The van der Waals surface area contributed by atoms with Crippen molar-refractivity contribution in [1.29, 1.82) is 0 Å². The monoisotopic (exact) mass is 537 g/mol. The third-order valence-electron chi connectivity index (χ3n) is 7.72. The molecule has 5 rings (SSSR count). The molecule has 2 aliphatic heterocycles. The van der Waals surface area contributed by atoms with Crippen molar-refractivity contribution in [1.82, 2.24) is 24.6 Å². The summed E-state index contributed by atoms with van der Waals surface area (Å²) in [6.07, 6.45) is 4.74. The van der Waals surface area contributed by atoms with Crippen LogP contribution < -0.4 is 15.7 Å². The molecule has 2 fully saturated rings. The summed E-state index contributed by atoms with van der Waals surface area (Å²) in [5.41, 5.74) is 1.71. The van der Waals surface area contributed by atoms with E-state index >= 15 is 0 Å². The van der Waals surface area contributed by atoms with Crippen molar-refractivity contribution < 1.29 is 19.0 Å². The Bertz CT molecular complexity index is 1370. The van der Waals surface area contributed by atoms with Gasteiger partial charge in [-0.15, -0.1) is 5.10 Å². The third-order valence-corrected chi connectivity index (χ3v) is 7.72. The molecule has 2 atom stereocenters. The lowest BCUT2D eigenvalue weighted by Crippen LogP contribution is -2.45. The number of carbonyl (C=O) groups is 1. The Kier molecular flexibility index (Phi) is 7.86. The Balaban J connectivity index is 1.40. The van der Waals surface area contributed by atoms with Gasteiger partial charge in [0.25, 0.3) is 0 Å². The molecular formula is C29H36FN5O4. The fourth-order valence-electron chi connectivity index (χ4n) is 5.90. The van der Waals surface area contributed by atoms with Gasteiger partial charge >= 0.3 is 5.69 Å². The molecule has 3 heterocycles. The number of amides is 1. The number of aliphatic hydroxyl groups excluding tert-OH is 1. The maximum absolute atomic E-state index is 14.1. The van der Waals surface area contributed by atoms with Gasteiger partial charge in [-0.25, -0.2) is 9.18 Å². The average molecular weight is 538 g/mol. The van der Waals surface area contributed by atoms with Gasteiger partial charge in [-0.3, -0.25) is 14.3 Å². The quantitative estimate of drug-likeness (QED) is 0.435. The van der Waals surface area contributed by atoms with Gasteiger partial charge in [-0.05, 0) is 81.8 Å². The maximum Gasteiger partial charge on any atom is 0.351 e. The van der Waals surface area contributed by atoms with E-state index in [0.29, 0.717) is 23.3 Å². The van der Waals surface area contributed by atoms with Crippen LogP contribution >= 0.6 is 0 Å². The van der Waals surface area contributed by atoms with E-state index in [2.05, 4.69) is 15.3 Å². The molecule has 0 saturated carbocycles. The Morgan fingerprint density at radius 3 is 2.49 bits per heavy atom. The highest BCUT2D eigenvalue weighted by molar-refractivity contribution is 5.76. The molecule has 0 spiro atoms. The van der Waals surface area contributed by atoms with Crippen LogP contribution in [0.5, 0.6) is 5.75 Å². The van der Waals surface area contributed by atoms with E-state index in [1.807, 2.05) is 38.1 Å². The van der Waals surface area contributed by atoms with Gasteiger partial charge in [-0.2, -0.15) is 4.68 Å². The van der Waals surface area contributed by atoms with E-state index in [1.165, 1.54) is 34.6 Å². The minimum absolute atomic E-state index is 0.0219. The second-order valence-electron chi connectivity index (χ2n) is 10.8. The predicted octanol–water partition coefficient (Wildman–Crippen LogP) is 2.90. The molecule has 9 nitrogen and oxygen atoms in total. The smallest absolute Gasteiger partial charge is 0.351 e.